The number of anilines is 2. The van der Waals surface area contributed by atoms with Crippen LogP contribution in [-0.4, -0.2) is 79.9 Å². The summed E-state index contributed by atoms with van der Waals surface area (Å²) in [6.07, 6.45) is 1.82. The Hall–Kier alpha value is -2.44. The molecule has 0 aliphatic heterocycles. The zero-order valence-corrected chi connectivity index (χ0v) is 19.0. The van der Waals surface area contributed by atoms with Gasteiger partial charge >= 0.3 is 0 Å². The van der Waals surface area contributed by atoms with E-state index in [-0.39, 0.29) is 12.6 Å². The summed E-state index contributed by atoms with van der Waals surface area (Å²) in [6, 6.07) is 1.42. The van der Waals surface area contributed by atoms with Crippen LogP contribution in [0.3, 0.4) is 0 Å². The lowest BCUT2D eigenvalue weighted by Gasteiger charge is -2.22. The highest BCUT2D eigenvalue weighted by molar-refractivity contribution is 7.21. The van der Waals surface area contributed by atoms with Gasteiger partial charge in [0.25, 0.3) is 0 Å². The lowest BCUT2D eigenvalue weighted by molar-refractivity contribution is 0.00446. The average molecular weight is 461 g/mol. The van der Waals surface area contributed by atoms with Gasteiger partial charge in [0.1, 0.15) is 22.4 Å². The third-order valence-corrected chi connectivity index (χ3v) is 6.70. The first kappa shape index (κ1) is 22.7. The fraction of sp³-hybridized carbons (Fsp3) is 0.524. The van der Waals surface area contributed by atoms with Crippen LogP contribution in [0.4, 0.5) is 11.8 Å². The van der Waals surface area contributed by atoms with E-state index < -0.39 is 24.2 Å². The number of pyridine rings is 1. The van der Waals surface area contributed by atoms with Gasteiger partial charge in [-0.2, -0.15) is 4.98 Å². The third-order valence-electron chi connectivity index (χ3n) is 5.64. The van der Waals surface area contributed by atoms with Crippen LogP contribution in [0.2, 0.25) is 0 Å². The van der Waals surface area contributed by atoms with Crippen molar-refractivity contribution in [2.45, 2.75) is 44.6 Å². The molecule has 1 aliphatic rings. The minimum atomic E-state index is -1.03. The highest BCUT2D eigenvalue weighted by atomic mass is 32.1. The van der Waals surface area contributed by atoms with E-state index in [2.05, 4.69) is 25.6 Å². The molecule has 0 amide bonds. The van der Waals surface area contributed by atoms with Gasteiger partial charge in [-0.3, -0.25) is 4.98 Å². The molecule has 0 saturated heterocycles. The normalized spacial score (nSPS) is 24.1. The summed E-state index contributed by atoms with van der Waals surface area (Å²) in [7, 11) is 1.63. The molecule has 172 valence electrons. The summed E-state index contributed by atoms with van der Waals surface area (Å²) in [5.41, 5.74) is 2.23. The topological polar surface area (TPSA) is 146 Å². The molecule has 5 atom stereocenters. The second kappa shape index (κ2) is 9.59. The van der Waals surface area contributed by atoms with E-state index in [4.69, 9.17) is 9.72 Å². The van der Waals surface area contributed by atoms with Gasteiger partial charge in [0.15, 0.2) is 0 Å². The number of methoxy groups -OCH3 is 1. The fourth-order valence-electron chi connectivity index (χ4n) is 4.02. The lowest BCUT2D eigenvalue weighted by Crippen LogP contribution is -2.36. The Balaban J connectivity index is 1.74. The van der Waals surface area contributed by atoms with Crippen molar-refractivity contribution >= 4 is 33.3 Å². The molecule has 1 saturated carbocycles. The molecule has 0 aromatic carbocycles. The second-order valence-electron chi connectivity index (χ2n) is 8.13. The number of hydrogen-bond acceptors (Lipinski definition) is 11. The van der Waals surface area contributed by atoms with Crippen LogP contribution in [0, 0.1) is 12.8 Å². The highest BCUT2D eigenvalue weighted by Gasteiger charge is 2.41. The number of rotatable bonds is 8. The minimum Gasteiger partial charge on any atom is -0.396 e. The number of ether oxygens (including phenoxy) is 1. The van der Waals surface area contributed by atoms with Crippen LogP contribution in [0.1, 0.15) is 19.0 Å². The molecular formula is C21H28N6O4S. The summed E-state index contributed by atoms with van der Waals surface area (Å²) >= 11 is 1.51. The van der Waals surface area contributed by atoms with Crippen molar-refractivity contribution in [1.82, 2.24) is 19.9 Å². The number of nitrogens with one attached hydrogen (secondary N) is 2. The summed E-state index contributed by atoms with van der Waals surface area (Å²) in [5.74, 6) is 0.529. The van der Waals surface area contributed by atoms with Crippen LogP contribution >= 0.6 is 11.3 Å². The first-order valence-corrected chi connectivity index (χ1v) is 11.3. The molecule has 3 aromatic rings. The molecule has 3 aromatic heterocycles. The number of aromatic nitrogens is 4. The van der Waals surface area contributed by atoms with Crippen molar-refractivity contribution in [3.05, 3.63) is 24.2 Å². The standard InChI is InChI=1S/C21H28N6O4S/c1-10(9-31-3)23-21-24-11(2)16(20-26-14-7-22-5-4-15(14)32-20)19(27-21)25-13-6-12(8-28)17(29)18(13)30/h4-5,7,10,12-13,17-18,28-30H,6,8-9H2,1-3H3,(H2,23,24,25,27). The van der Waals surface area contributed by atoms with Crippen molar-refractivity contribution in [2.24, 2.45) is 5.92 Å². The molecule has 5 N–H and O–H groups in total. The van der Waals surface area contributed by atoms with Gasteiger partial charge in [0.05, 0.1) is 40.9 Å². The summed E-state index contributed by atoms with van der Waals surface area (Å²) < 4.78 is 6.18. The molecule has 11 heteroatoms. The predicted molar refractivity (Wildman–Crippen MR) is 123 cm³/mol. The molecule has 5 unspecified atom stereocenters. The number of aliphatic hydroxyl groups excluding tert-OH is 3. The predicted octanol–water partition coefficient (Wildman–Crippen LogP) is 1.42. The zero-order valence-electron chi connectivity index (χ0n) is 18.2. The maximum absolute atomic E-state index is 10.5. The Morgan fingerprint density at radius 3 is 2.75 bits per heavy atom. The zero-order chi connectivity index (χ0) is 22.8. The quantitative estimate of drug-likeness (QED) is 0.334. The SMILES string of the molecule is COCC(C)Nc1nc(C)c(-c2nc3cnccc3s2)c(NC2CC(CO)C(O)C2O)n1. The molecule has 0 bridgehead atoms. The molecule has 1 fully saturated rings. The summed E-state index contributed by atoms with van der Waals surface area (Å²) in [5, 5.41) is 37.6. The van der Waals surface area contributed by atoms with E-state index in [1.165, 1.54) is 11.3 Å². The van der Waals surface area contributed by atoms with Crippen molar-refractivity contribution in [3.8, 4) is 10.6 Å². The maximum atomic E-state index is 10.5. The number of aliphatic hydroxyl groups is 3. The van der Waals surface area contributed by atoms with E-state index in [1.807, 2.05) is 19.9 Å². The average Bonchev–Trinajstić information content (AvgIpc) is 3.29. The van der Waals surface area contributed by atoms with Gasteiger partial charge in [-0.05, 0) is 26.3 Å². The van der Waals surface area contributed by atoms with Crippen LogP contribution in [0.15, 0.2) is 18.5 Å². The molecular weight excluding hydrogens is 432 g/mol. The number of nitrogens with zero attached hydrogens (tertiary/aromatic N) is 4. The van der Waals surface area contributed by atoms with Gasteiger partial charge in [0.2, 0.25) is 5.95 Å². The maximum Gasteiger partial charge on any atom is 0.225 e. The first-order chi connectivity index (χ1) is 15.4. The van der Waals surface area contributed by atoms with Crippen LogP contribution < -0.4 is 10.6 Å². The fourth-order valence-corrected chi connectivity index (χ4v) is 5.05. The highest BCUT2D eigenvalue weighted by Crippen LogP contribution is 2.37. The number of hydrogen-bond donors (Lipinski definition) is 5. The summed E-state index contributed by atoms with van der Waals surface area (Å²) in [4.78, 5) is 18.2. The van der Waals surface area contributed by atoms with Crippen LogP contribution in [0.5, 0.6) is 0 Å². The molecule has 4 rings (SSSR count). The van der Waals surface area contributed by atoms with E-state index in [9.17, 15) is 15.3 Å². The van der Waals surface area contributed by atoms with E-state index in [1.54, 1.807) is 19.5 Å². The number of fused-ring (bicyclic) bond motifs is 1. The van der Waals surface area contributed by atoms with E-state index >= 15 is 0 Å². The molecule has 0 spiro atoms. The van der Waals surface area contributed by atoms with Crippen molar-refractivity contribution in [3.63, 3.8) is 0 Å². The number of thiazole rings is 1. The Bertz CT molecular complexity index is 1050. The summed E-state index contributed by atoms with van der Waals surface area (Å²) in [6.45, 7) is 4.14. The van der Waals surface area contributed by atoms with Gasteiger partial charge < -0.3 is 30.7 Å². The van der Waals surface area contributed by atoms with Crippen molar-refractivity contribution in [2.75, 3.05) is 31.0 Å². The number of aryl methyl sites for hydroxylation is 1. The Morgan fingerprint density at radius 2 is 2.06 bits per heavy atom. The first-order valence-electron chi connectivity index (χ1n) is 10.5. The Kier molecular flexibility index (Phi) is 6.82. The molecule has 1 aliphatic carbocycles. The Morgan fingerprint density at radius 1 is 1.25 bits per heavy atom. The van der Waals surface area contributed by atoms with E-state index in [0.717, 1.165) is 20.8 Å². The van der Waals surface area contributed by atoms with Gasteiger partial charge in [-0.1, -0.05) is 0 Å². The van der Waals surface area contributed by atoms with Gasteiger partial charge in [0, 0.05) is 31.9 Å². The van der Waals surface area contributed by atoms with Crippen molar-refractivity contribution in [1.29, 1.82) is 0 Å². The lowest BCUT2D eigenvalue weighted by atomic mass is 10.1. The molecule has 0 radical (unpaired) electrons. The largest absolute Gasteiger partial charge is 0.396 e. The van der Waals surface area contributed by atoms with Crippen LogP contribution in [0.25, 0.3) is 20.8 Å². The molecule has 10 nitrogen and oxygen atoms in total. The third kappa shape index (κ3) is 4.52. The second-order valence-corrected chi connectivity index (χ2v) is 9.16. The molecule has 32 heavy (non-hydrogen) atoms. The van der Waals surface area contributed by atoms with Crippen LogP contribution in [-0.2, 0) is 4.74 Å². The Labute approximate surface area is 189 Å². The van der Waals surface area contributed by atoms with Crippen molar-refractivity contribution < 1.29 is 20.1 Å². The van der Waals surface area contributed by atoms with Gasteiger partial charge in [-0.15, -0.1) is 11.3 Å². The van der Waals surface area contributed by atoms with Gasteiger partial charge in [-0.25, -0.2) is 9.97 Å². The molecule has 3 heterocycles. The monoisotopic (exact) mass is 460 g/mol. The van der Waals surface area contributed by atoms with E-state index in [0.29, 0.717) is 30.5 Å². The smallest absolute Gasteiger partial charge is 0.225 e. The minimum absolute atomic E-state index is 0.00992.